The summed E-state index contributed by atoms with van der Waals surface area (Å²) in [5.74, 6) is 0.684. The van der Waals surface area contributed by atoms with Gasteiger partial charge in [0.1, 0.15) is 0 Å². The van der Waals surface area contributed by atoms with Gasteiger partial charge < -0.3 is 5.32 Å². The zero-order valence-corrected chi connectivity index (χ0v) is 10.7. The van der Waals surface area contributed by atoms with Crippen LogP contribution in [-0.4, -0.2) is 58.7 Å². The average Bonchev–Trinajstić information content (AvgIpc) is 2.54. The second-order valence-corrected chi connectivity index (χ2v) is 9.13. The predicted octanol–water partition coefficient (Wildman–Crippen LogP) is -1.53. The lowest BCUT2D eigenvalue weighted by Gasteiger charge is -2.16. The largest absolute Gasteiger partial charge is 0.316 e. The first-order valence-electron chi connectivity index (χ1n) is 5.14. The summed E-state index contributed by atoms with van der Waals surface area (Å²) in [4.78, 5) is 0. The maximum absolute atomic E-state index is 11.8. The molecule has 0 aromatic carbocycles. The molecule has 0 spiro atoms. The van der Waals surface area contributed by atoms with Gasteiger partial charge >= 0.3 is 0 Å². The van der Waals surface area contributed by atoms with Crippen molar-refractivity contribution in [3.8, 4) is 0 Å². The summed E-state index contributed by atoms with van der Waals surface area (Å²) >= 11 is 0. The number of hydrogen-bond donors (Lipinski definition) is 1. The van der Waals surface area contributed by atoms with Crippen molar-refractivity contribution in [3.63, 3.8) is 0 Å². The Bertz CT molecular complexity index is 458. The molecular weight excluding hydrogens is 252 g/mol. The fraction of sp³-hybridized carbons (Fsp3) is 1.00. The Morgan fingerprint density at radius 3 is 2.06 bits per heavy atom. The molecule has 0 bridgehead atoms. The van der Waals surface area contributed by atoms with E-state index >= 15 is 0 Å². The predicted molar refractivity (Wildman–Crippen MR) is 60.1 cm³/mol. The zero-order chi connectivity index (χ0) is 12.0. The molecule has 94 valence electrons. The Labute approximate surface area is 96.0 Å². The highest BCUT2D eigenvalue weighted by Crippen LogP contribution is 2.28. The van der Waals surface area contributed by atoms with E-state index in [2.05, 4.69) is 5.32 Å². The summed E-state index contributed by atoms with van der Waals surface area (Å²) in [7, 11) is -7.13. The van der Waals surface area contributed by atoms with Gasteiger partial charge in [-0.05, 0) is 24.9 Å². The summed E-state index contributed by atoms with van der Waals surface area (Å²) in [6, 6.07) is 0. The molecule has 2 saturated heterocycles. The monoisotopic (exact) mass is 268 g/mol. The van der Waals surface area contributed by atoms with Crippen LogP contribution in [0.15, 0.2) is 0 Å². The van der Waals surface area contributed by atoms with E-state index in [4.69, 9.17) is 0 Å². The van der Waals surface area contributed by atoms with Crippen LogP contribution in [0.5, 0.6) is 0 Å². The highest BCUT2D eigenvalue weighted by atomic mass is 32.3. The maximum atomic E-state index is 11.8. The van der Waals surface area contributed by atoms with Crippen LogP contribution in [0.3, 0.4) is 0 Å². The van der Waals surface area contributed by atoms with E-state index < -0.39 is 24.9 Å². The molecule has 2 heterocycles. The van der Waals surface area contributed by atoms with Gasteiger partial charge in [0.05, 0.1) is 0 Å². The minimum absolute atomic E-state index is 0.342. The fourth-order valence-electron chi connectivity index (χ4n) is 2.38. The van der Waals surface area contributed by atoms with Gasteiger partial charge in [-0.15, -0.1) is 0 Å². The molecule has 2 aliphatic heterocycles. The van der Waals surface area contributed by atoms with Crippen LogP contribution in [0.1, 0.15) is 0 Å². The van der Waals surface area contributed by atoms with Crippen molar-refractivity contribution in [2.45, 2.75) is 0 Å². The van der Waals surface area contributed by atoms with Crippen molar-refractivity contribution in [3.05, 3.63) is 0 Å². The Balaban J connectivity index is 2.09. The van der Waals surface area contributed by atoms with Gasteiger partial charge in [-0.25, -0.2) is 21.1 Å². The standard InChI is InChI=1S/C8H16N2O4S2/c1-15(11,12)6-16(13,14)10-4-7-2-9-3-8(7)5-10/h7-9H,2-6H2,1H3/t7-,8+. The van der Waals surface area contributed by atoms with Crippen LogP contribution in [-0.2, 0) is 19.9 Å². The zero-order valence-electron chi connectivity index (χ0n) is 9.09. The molecule has 1 N–H and O–H groups in total. The Morgan fingerprint density at radius 1 is 1.12 bits per heavy atom. The highest BCUT2D eigenvalue weighted by Gasteiger charge is 2.41. The Kier molecular flexibility index (Phi) is 3.02. The molecule has 2 fully saturated rings. The number of hydrogen-bond acceptors (Lipinski definition) is 5. The molecule has 16 heavy (non-hydrogen) atoms. The summed E-state index contributed by atoms with van der Waals surface area (Å²) < 4.78 is 47.0. The smallest absolute Gasteiger partial charge is 0.228 e. The number of sulfone groups is 1. The highest BCUT2D eigenvalue weighted by molar-refractivity contribution is 8.06. The number of rotatable bonds is 3. The van der Waals surface area contributed by atoms with Crippen LogP contribution in [0.25, 0.3) is 0 Å². The number of fused-ring (bicyclic) bond motifs is 1. The van der Waals surface area contributed by atoms with E-state index in [1.165, 1.54) is 4.31 Å². The molecule has 0 saturated carbocycles. The molecule has 0 unspecified atom stereocenters. The molecule has 2 atom stereocenters. The summed E-state index contributed by atoms with van der Waals surface area (Å²) in [6.07, 6.45) is 0.947. The summed E-state index contributed by atoms with van der Waals surface area (Å²) in [5, 5.41) is 2.43. The van der Waals surface area contributed by atoms with Crippen molar-refractivity contribution in [2.24, 2.45) is 11.8 Å². The number of nitrogens with one attached hydrogen (secondary N) is 1. The summed E-state index contributed by atoms with van der Waals surface area (Å²) in [6.45, 7) is 2.57. The first kappa shape index (κ1) is 12.3. The van der Waals surface area contributed by atoms with E-state index in [1.54, 1.807) is 0 Å². The average molecular weight is 268 g/mol. The Morgan fingerprint density at radius 2 is 1.62 bits per heavy atom. The summed E-state index contributed by atoms with van der Waals surface area (Å²) in [5.41, 5.74) is 0. The van der Waals surface area contributed by atoms with Gasteiger partial charge in [0.15, 0.2) is 14.9 Å². The van der Waals surface area contributed by atoms with E-state index in [-0.39, 0.29) is 0 Å². The van der Waals surface area contributed by atoms with Gasteiger partial charge in [-0.2, -0.15) is 0 Å². The van der Waals surface area contributed by atoms with E-state index in [0.29, 0.717) is 24.9 Å². The Hall–Kier alpha value is -0.180. The normalized spacial score (nSPS) is 31.8. The maximum Gasteiger partial charge on any atom is 0.228 e. The molecular formula is C8H16N2O4S2. The second-order valence-electron chi connectivity index (χ2n) is 4.65. The lowest BCUT2D eigenvalue weighted by atomic mass is 10.0. The van der Waals surface area contributed by atoms with Gasteiger partial charge in [0, 0.05) is 19.3 Å². The number of sulfonamides is 1. The van der Waals surface area contributed by atoms with Gasteiger partial charge in [0.2, 0.25) is 10.0 Å². The van der Waals surface area contributed by atoms with E-state index in [1.807, 2.05) is 0 Å². The molecule has 2 rings (SSSR count). The lowest BCUT2D eigenvalue weighted by molar-refractivity contribution is 0.451. The molecule has 0 aliphatic carbocycles. The van der Waals surface area contributed by atoms with Crippen molar-refractivity contribution in [1.82, 2.24) is 9.62 Å². The lowest BCUT2D eigenvalue weighted by Crippen LogP contribution is -2.35. The molecule has 0 radical (unpaired) electrons. The van der Waals surface area contributed by atoms with Crippen LogP contribution in [0.2, 0.25) is 0 Å². The topological polar surface area (TPSA) is 83.5 Å². The molecule has 0 aromatic rings. The fourth-order valence-corrected chi connectivity index (χ4v) is 5.98. The SMILES string of the molecule is CS(=O)(=O)CS(=O)(=O)N1C[C@H]2CNC[C@H]2C1. The van der Waals surface area contributed by atoms with Gasteiger partial charge in [0.25, 0.3) is 0 Å². The van der Waals surface area contributed by atoms with Crippen molar-refractivity contribution >= 4 is 19.9 Å². The third-order valence-corrected chi connectivity index (χ3v) is 7.10. The van der Waals surface area contributed by atoms with Crippen LogP contribution < -0.4 is 5.32 Å². The minimum atomic E-state index is -3.64. The van der Waals surface area contributed by atoms with Crippen molar-refractivity contribution in [2.75, 3.05) is 37.5 Å². The van der Waals surface area contributed by atoms with Gasteiger partial charge in [-0.1, -0.05) is 0 Å². The van der Waals surface area contributed by atoms with Crippen molar-refractivity contribution < 1.29 is 16.8 Å². The molecule has 0 amide bonds. The number of nitrogens with zero attached hydrogens (tertiary/aromatic N) is 1. The van der Waals surface area contributed by atoms with Crippen LogP contribution >= 0.6 is 0 Å². The molecule has 6 nitrogen and oxygen atoms in total. The quantitative estimate of drug-likeness (QED) is 0.671. The molecule has 8 heteroatoms. The first-order chi connectivity index (χ1) is 7.28. The molecule has 0 aromatic heterocycles. The van der Waals surface area contributed by atoms with Crippen molar-refractivity contribution in [1.29, 1.82) is 0 Å². The van der Waals surface area contributed by atoms with Gasteiger partial charge in [-0.3, -0.25) is 0 Å². The van der Waals surface area contributed by atoms with E-state index in [9.17, 15) is 16.8 Å². The first-order valence-corrected chi connectivity index (χ1v) is 8.81. The van der Waals surface area contributed by atoms with E-state index in [0.717, 1.165) is 19.3 Å². The second kappa shape index (κ2) is 3.94. The molecule has 2 aliphatic rings. The third-order valence-electron chi connectivity index (χ3n) is 3.11. The minimum Gasteiger partial charge on any atom is -0.316 e. The third kappa shape index (κ3) is 2.55. The van der Waals surface area contributed by atoms with Crippen LogP contribution in [0.4, 0.5) is 0 Å². The van der Waals surface area contributed by atoms with Crippen LogP contribution in [0, 0.1) is 11.8 Å².